The number of amides is 2. The van der Waals surface area contributed by atoms with Crippen LogP contribution in [0.1, 0.15) is 56.6 Å². The first-order chi connectivity index (χ1) is 12.2. The number of hydrogen-bond acceptors (Lipinski definition) is 3. The van der Waals surface area contributed by atoms with Crippen molar-refractivity contribution >= 4 is 6.03 Å². The zero-order valence-corrected chi connectivity index (χ0v) is 14.9. The van der Waals surface area contributed by atoms with Crippen LogP contribution in [0.5, 0.6) is 0 Å². The van der Waals surface area contributed by atoms with Crippen molar-refractivity contribution in [3.63, 3.8) is 0 Å². The number of carbonyl (C=O) groups is 1. The van der Waals surface area contributed by atoms with Gasteiger partial charge in [0.05, 0.1) is 11.6 Å². The van der Waals surface area contributed by atoms with Crippen LogP contribution in [0.15, 0.2) is 30.3 Å². The number of ether oxygens (including phenoxy) is 1. The van der Waals surface area contributed by atoms with Gasteiger partial charge in [-0.25, -0.2) is 4.79 Å². The van der Waals surface area contributed by atoms with Gasteiger partial charge in [-0.3, -0.25) is 0 Å². The van der Waals surface area contributed by atoms with Crippen LogP contribution in [0.2, 0.25) is 0 Å². The maximum atomic E-state index is 12.5. The molecule has 2 fully saturated rings. The molecule has 5 heteroatoms. The number of benzene rings is 1. The van der Waals surface area contributed by atoms with Gasteiger partial charge < -0.3 is 20.5 Å². The molecule has 3 rings (SSSR count). The molecular weight excluding hydrogens is 316 g/mol. The normalized spacial score (nSPS) is 22.1. The summed E-state index contributed by atoms with van der Waals surface area (Å²) in [5.74, 6) is 0.480. The zero-order valence-electron chi connectivity index (χ0n) is 14.9. The molecule has 0 radical (unpaired) electrons. The Labute approximate surface area is 150 Å². The van der Waals surface area contributed by atoms with E-state index in [4.69, 9.17) is 4.74 Å². The number of rotatable bonds is 5. The third-order valence-electron chi connectivity index (χ3n) is 5.57. The van der Waals surface area contributed by atoms with Gasteiger partial charge in [-0.1, -0.05) is 49.6 Å². The number of urea groups is 1. The second-order valence-electron chi connectivity index (χ2n) is 7.45. The lowest BCUT2D eigenvalue weighted by atomic mass is 9.81. The van der Waals surface area contributed by atoms with Crippen LogP contribution < -0.4 is 10.6 Å². The maximum absolute atomic E-state index is 12.5. The molecular formula is C20H30N2O3. The molecule has 3 N–H and O–H groups in total. The number of hydrogen-bond donors (Lipinski definition) is 3. The minimum atomic E-state index is -0.845. The van der Waals surface area contributed by atoms with Crippen LogP contribution in [0.25, 0.3) is 0 Å². The molecule has 0 spiro atoms. The van der Waals surface area contributed by atoms with Crippen molar-refractivity contribution in [1.82, 2.24) is 10.6 Å². The fraction of sp³-hybridized carbons (Fsp3) is 0.650. The van der Waals surface area contributed by atoms with Crippen LogP contribution in [0, 0.1) is 5.92 Å². The second-order valence-corrected chi connectivity index (χ2v) is 7.45. The van der Waals surface area contributed by atoms with Gasteiger partial charge in [-0.2, -0.15) is 0 Å². The van der Waals surface area contributed by atoms with Gasteiger partial charge >= 0.3 is 6.03 Å². The molecule has 1 aromatic rings. The third-order valence-corrected chi connectivity index (χ3v) is 5.57. The molecule has 1 unspecified atom stereocenters. The summed E-state index contributed by atoms with van der Waals surface area (Å²) in [5, 5.41) is 16.5. The van der Waals surface area contributed by atoms with E-state index in [1.807, 2.05) is 18.2 Å². The zero-order chi connectivity index (χ0) is 17.5. The maximum Gasteiger partial charge on any atom is 0.315 e. The lowest BCUT2D eigenvalue weighted by Gasteiger charge is -2.34. The average Bonchev–Trinajstić information content (AvgIpc) is 2.66. The monoisotopic (exact) mass is 346 g/mol. The summed E-state index contributed by atoms with van der Waals surface area (Å²) < 4.78 is 5.29. The lowest BCUT2D eigenvalue weighted by Crippen LogP contribution is -2.50. The average molecular weight is 346 g/mol. The van der Waals surface area contributed by atoms with E-state index >= 15 is 0 Å². The van der Waals surface area contributed by atoms with Gasteiger partial charge in [-0.15, -0.1) is 0 Å². The van der Waals surface area contributed by atoms with Crippen LogP contribution in [0.4, 0.5) is 4.79 Å². The summed E-state index contributed by atoms with van der Waals surface area (Å²) in [6, 6.07) is 10.1. The number of nitrogens with one attached hydrogen (secondary N) is 2. The molecule has 5 nitrogen and oxygen atoms in total. The second kappa shape index (κ2) is 8.68. The van der Waals surface area contributed by atoms with Gasteiger partial charge in [0.25, 0.3) is 0 Å². The molecule has 1 heterocycles. The predicted octanol–water partition coefficient (Wildman–Crippen LogP) is 3.15. The Hall–Kier alpha value is -1.59. The van der Waals surface area contributed by atoms with E-state index in [2.05, 4.69) is 22.8 Å². The lowest BCUT2D eigenvalue weighted by molar-refractivity contribution is -0.0601. The Morgan fingerprint density at radius 2 is 1.84 bits per heavy atom. The van der Waals surface area contributed by atoms with E-state index in [1.54, 1.807) is 0 Å². The van der Waals surface area contributed by atoms with E-state index in [0.29, 0.717) is 32.0 Å². The molecule has 1 aliphatic heterocycles. The molecule has 2 aliphatic rings. The molecule has 1 saturated heterocycles. The smallest absolute Gasteiger partial charge is 0.315 e. The summed E-state index contributed by atoms with van der Waals surface area (Å²) in [5.41, 5.74) is 0.317. The quantitative estimate of drug-likeness (QED) is 0.767. The highest BCUT2D eigenvalue weighted by molar-refractivity contribution is 5.74. The highest BCUT2D eigenvalue weighted by Gasteiger charge is 2.31. The standard InChI is InChI=1S/C20H30N2O3/c23-19(21-15-20(24)11-13-25-14-12-20)22-18(16-7-3-1-4-8-16)17-9-5-2-6-10-17/h1,3-4,7-8,17-18,24H,2,5-6,9-15H2,(H2,21,22,23). The molecule has 1 aromatic carbocycles. The molecule has 1 saturated carbocycles. The Kier molecular flexibility index (Phi) is 6.32. The highest BCUT2D eigenvalue weighted by atomic mass is 16.5. The first-order valence-corrected chi connectivity index (χ1v) is 9.56. The highest BCUT2D eigenvalue weighted by Crippen LogP contribution is 2.34. The van der Waals surface area contributed by atoms with Crippen molar-refractivity contribution in [2.75, 3.05) is 19.8 Å². The summed E-state index contributed by atoms with van der Waals surface area (Å²) in [4.78, 5) is 12.5. The third kappa shape index (κ3) is 5.19. The Morgan fingerprint density at radius 3 is 2.52 bits per heavy atom. The SMILES string of the molecule is O=C(NCC1(O)CCOCC1)NC(c1ccccc1)C1CCCCC1. The summed E-state index contributed by atoms with van der Waals surface area (Å²) in [6.45, 7) is 1.37. The van der Waals surface area contributed by atoms with E-state index < -0.39 is 5.60 Å². The van der Waals surface area contributed by atoms with Crippen LogP contribution in [-0.4, -0.2) is 36.5 Å². The Morgan fingerprint density at radius 1 is 1.16 bits per heavy atom. The minimum absolute atomic E-state index is 0.0332. The molecule has 0 bridgehead atoms. The van der Waals surface area contributed by atoms with E-state index in [-0.39, 0.29) is 18.6 Å². The Balaban J connectivity index is 1.60. The van der Waals surface area contributed by atoms with Crippen molar-refractivity contribution in [2.24, 2.45) is 5.92 Å². The fourth-order valence-corrected chi connectivity index (χ4v) is 3.97. The van der Waals surface area contributed by atoms with E-state index in [9.17, 15) is 9.90 Å². The van der Waals surface area contributed by atoms with Gasteiger partial charge in [0.2, 0.25) is 0 Å². The summed E-state index contributed by atoms with van der Waals surface area (Å²) in [7, 11) is 0. The van der Waals surface area contributed by atoms with Crippen LogP contribution >= 0.6 is 0 Å². The van der Waals surface area contributed by atoms with E-state index in [1.165, 1.54) is 19.3 Å². The van der Waals surface area contributed by atoms with Gasteiger partial charge in [-0.05, 0) is 24.3 Å². The van der Waals surface area contributed by atoms with Crippen molar-refractivity contribution < 1.29 is 14.6 Å². The van der Waals surface area contributed by atoms with E-state index in [0.717, 1.165) is 18.4 Å². The summed E-state index contributed by atoms with van der Waals surface area (Å²) >= 11 is 0. The van der Waals surface area contributed by atoms with Crippen molar-refractivity contribution in [2.45, 2.75) is 56.6 Å². The molecule has 1 atom stereocenters. The predicted molar refractivity (Wildman–Crippen MR) is 97.3 cm³/mol. The van der Waals surface area contributed by atoms with Crippen LogP contribution in [0.3, 0.4) is 0 Å². The number of carbonyl (C=O) groups excluding carboxylic acids is 1. The molecule has 1 aliphatic carbocycles. The van der Waals surface area contributed by atoms with Crippen molar-refractivity contribution in [1.29, 1.82) is 0 Å². The fourth-order valence-electron chi connectivity index (χ4n) is 3.97. The first-order valence-electron chi connectivity index (χ1n) is 9.56. The number of aliphatic hydroxyl groups is 1. The van der Waals surface area contributed by atoms with Gasteiger partial charge in [0, 0.05) is 32.6 Å². The van der Waals surface area contributed by atoms with Gasteiger partial charge in [0.1, 0.15) is 0 Å². The topological polar surface area (TPSA) is 70.6 Å². The minimum Gasteiger partial charge on any atom is -0.388 e. The van der Waals surface area contributed by atoms with Crippen LogP contribution in [-0.2, 0) is 4.74 Å². The molecule has 2 amide bonds. The molecule has 25 heavy (non-hydrogen) atoms. The van der Waals surface area contributed by atoms with Crippen molar-refractivity contribution in [3.8, 4) is 0 Å². The molecule has 138 valence electrons. The largest absolute Gasteiger partial charge is 0.388 e. The van der Waals surface area contributed by atoms with Gasteiger partial charge in [0.15, 0.2) is 0 Å². The molecule has 0 aromatic heterocycles. The van der Waals surface area contributed by atoms with Crippen molar-refractivity contribution in [3.05, 3.63) is 35.9 Å². The Bertz CT molecular complexity index is 537. The summed E-state index contributed by atoms with van der Waals surface area (Å²) in [6.07, 6.45) is 7.20. The first kappa shape index (κ1) is 18.2.